The molecule has 0 radical (unpaired) electrons. The predicted octanol–water partition coefficient (Wildman–Crippen LogP) is 8.37. The van der Waals surface area contributed by atoms with Gasteiger partial charge < -0.3 is 15.4 Å². The summed E-state index contributed by atoms with van der Waals surface area (Å²) in [7, 11) is 0. The van der Waals surface area contributed by atoms with Crippen LogP contribution in [0.2, 0.25) is 0 Å². The average Bonchev–Trinajstić information content (AvgIpc) is 2.92. The van der Waals surface area contributed by atoms with E-state index in [0.29, 0.717) is 24.2 Å². The van der Waals surface area contributed by atoms with Crippen molar-refractivity contribution in [3.63, 3.8) is 0 Å². The number of carbonyl (C=O) groups is 2. The van der Waals surface area contributed by atoms with Gasteiger partial charge in [0, 0.05) is 22.6 Å². The van der Waals surface area contributed by atoms with Gasteiger partial charge in [-0.1, -0.05) is 62.4 Å². The second-order valence-electron chi connectivity index (χ2n) is 8.96. The van der Waals surface area contributed by atoms with Gasteiger partial charge >= 0.3 is 12.3 Å². The van der Waals surface area contributed by atoms with Crippen molar-refractivity contribution in [2.45, 2.75) is 45.9 Å². The number of allylic oxidation sites excluding steroid dienone is 4. The molecule has 0 bridgehead atoms. The molecule has 0 saturated carbocycles. The van der Waals surface area contributed by atoms with Crippen LogP contribution in [0.15, 0.2) is 96.2 Å². The van der Waals surface area contributed by atoms with Gasteiger partial charge in [0.05, 0.1) is 11.3 Å². The molecule has 4 rings (SSSR count). The molecule has 9 heteroatoms. The Hall–Kier alpha value is -4.53. The van der Waals surface area contributed by atoms with Crippen molar-refractivity contribution >= 4 is 29.6 Å². The molecule has 1 heterocycles. The Labute approximate surface area is 231 Å². The van der Waals surface area contributed by atoms with E-state index in [4.69, 9.17) is 4.74 Å². The van der Waals surface area contributed by atoms with Crippen molar-refractivity contribution in [2.75, 3.05) is 16.0 Å². The van der Waals surface area contributed by atoms with Crippen molar-refractivity contribution < 1.29 is 27.5 Å². The number of anilines is 3. The lowest BCUT2D eigenvalue weighted by atomic mass is 9.98. The number of aryl methyl sites for hydroxylation is 1. The minimum Gasteiger partial charge on any atom is -0.436 e. The van der Waals surface area contributed by atoms with Crippen molar-refractivity contribution in [2.24, 2.45) is 0 Å². The zero-order chi connectivity index (χ0) is 29.1. The molecule has 1 aliphatic heterocycles. The van der Waals surface area contributed by atoms with Crippen LogP contribution >= 0.6 is 0 Å². The molecule has 0 aliphatic carbocycles. The minimum atomic E-state index is -4.32. The quantitative estimate of drug-likeness (QED) is 0.194. The molecule has 40 heavy (non-hydrogen) atoms. The number of rotatable bonds is 8. The molecular weight excluding hydrogens is 519 g/mol. The maximum Gasteiger partial charge on any atom is 0.416 e. The molecule has 1 aliphatic rings. The van der Waals surface area contributed by atoms with Gasteiger partial charge in [-0.3, -0.25) is 10.1 Å². The molecule has 1 atom stereocenters. The summed E-state index contributed by atoms with van der Waals surface area (Å²) < 4.78 is 43.7. The van der Waals surface area contributed by atoms with Gasteiger partial charge in [0.15, 0.2) is 6.10 Å². The van der Waals surface area contributed by atoms with Crippen LogP contribution in [-0.4, -0.2) is 18.7 Å². The van der Waals surface area contributed by atoms with E-state index in [1.165, 1.54) is 6.08 Å². The third-order valence-corrected chi connectivity index (χ3v) is 5.92. The third kappa shape index (κ3) is 8.49. The molecule has 3 N–H and O–H groups in total. The van der Waals surface area contributed by atoms with Gasteiger partial charge in [-0.05, 0) is 67.3 Å². The minimum absolute atomic E-state index is 0.351. The molecule has 3 aromatic carbocycles. The predicted molar refractivity (Wildman–Crippen MR) is 152 cm³/mol. The van der Waals surface area contributed by atoms with E-state index < -0.39 is 23.9 Å². The summed E-state index contributed by atoms with van der Waals surface area (Å²) in [6.45, 7) is 5.36. The average molecular weight is 552 g/mol. The van der Waals surface area contributed by atoms with Crippen LogP contribution in [0.4, 0.5) is 35.0 Å². The molecule has 1 unspecified atom stereocenters. The highest BCUT2D eigenvalue weighted by molar-refractivity contribution is 5.88. The number of alkyl halides is 3. The summed E-state index contributed by atoms with van der Waals surface area (Å²) in [4.78, 5) is 22.1. The van der Waals surface area contributed by atoms with Crippen LogP contribution in [0.5, 0.6) is 0 Å². The molecular formula is C31H32F3N3O3. The van der Waals surface area contributed by atoms with Crippen LogP contribution in [0.3, 0.4) is 0 Å². The summed E-state index contributed by atoms with van der Waals surface area (Å²) in [6, 6.07) is 22.4. The first kappa shape index (κ1) is 30.0. The number of benzene rings is 3. The lowest BCUT2D eigenvalue weighted by Gasteiger charge is -2.26. The summed E-state index contributed by atoms with van der Waals surface area (Å²) in [6.07, 6.45) is -1.09. The summed E-state index contributed by atoms with van der Waals surface area (Å²) in [5.74, 6) is 0. The highest BCUT2D eigenvalue weighted by atomic mass is 19.4. The smallest absolute Gasteiger partial charge is 0.416 e. The lowest BCUT2D eigenvalue weighted by molar-refractivity contribution is -0.105. The number of fused-ring (bicyclic) bond motifs is 1. The largest absolute Gasteiger partial charge is 0.436 e. The fourth-order valence-corrected chi connectivity index (χ4v) is 4.10. The maximum absolute atomic E-state index is 12.8. The Bertz CT molecular complexity index is 1380. The van der Waals surface area contributed by atoms with Crippen LogP contribution in [0.25, 0.3) is 0 Å². The van der Waals surface area contributed by atoms with Gasteiger partial charge in [0.25, 0.3) is 0 Å². The number of halogens is 3. The summed E-state index contributed by atoms with van der Waals surface area (Å²) >= 11 is 0. The van der Waals surface area contributed by atoms with Crippen molar-refractivity contribution in [1.29, 1.82) is 0 Å². The molecule has 3 aromatic rings. The van der Waals surface area contributed by atoms with Crippen molar-refractivity contribution in [1.82, 2.24) is 0 Å². The van der Waals surface area contributed by atoms with E-state index in [9.17, 15) is 22.8 Å². The van der Waals surface area contributed by atoms with Crippen LogP contribution < -0.4 is 16.0 Å². The van der Waals surface area contributed by atoms with Crippen molar-refractivity contribution in [3.8, 4) is 0 Å². The van der Waals surface area contributed by atoms with Gasteiger partial charge in [-0.2, -0.15) is 13.2 Å². The van der Waals surface area contributed by atoms with E-state index >= 15 is 0 Å². The van der Waals surface area contributed by atoms with Crippen LogP contribution in [0, 0.1) is 0 Å². The topological polar surface area (TPSA) is 79.5 Å². The Kier molecular flexibility index (Phi) is 10.5. The molecule has 2 amide bonds. The van der Waals surface area contributed by atoms with Crippen molar-refractivity contribution in [3.05, 3.63) is 113 Å². The Morgan fingerprint density at radius 2 is 1.73 bits per heavy atom. The number of amides is 2. The standard InChI is InChI=1S/C16H20F3N.C15H12N2O3/c1-4-7-14(16(17,18)19)10-12(3)20-15-9-6-8-13(5-2)11-15;18-9-16-11-5-3-4-10(8-11)14-12-6-1-2-7-13(12)17-15(19)20-14/h6-11,20H,4-5H2,1-3H3;1-9,14H,(H,16,18)(H,17,19)/b12-10-,14-7-;. The summed E-state index contributed by atoms with van der Waals surface area (Å²) in [5.41, 5.74) is 4.88. The normalized spacial score (nSPS) is 15.1. The van der Waals surface area contributed by atoms with Gasteiger partial charge in [0.2, 0.25) is 6.41 Å². The summed E-state index contributed by atoms with van der Waals surface area (Å²) in [5, 5.41) is 8.25. The number of ether oxygens (including phenoxy) is 1. The first-order valence-corrected chi connectivity index (χ1v) is 12.8. The van der Waals surface area contributed by atoms with E-state index in [1.54, 1.807) is 32.0 Å². The number of carbonyl (C=O) groups excluding carboxylic acids is 2. The number of hydrogen-bond donors (Lipinski definition) is 3. The number of hydrogen-bond acceptors (Lipinski definition) is 4. The first-order chi connectivity index (χ1) is 19.1. The van der Waals surface area contributed by atoms with E-state index in [1.807, 2.05) is 61.5 Å². The first-order valence-electron chi connectivity index (χ1n) is 12.8. The molecule has 6 nitrogen and oxygen atoms in total. The highest BCUT2D eigenvalue weighted by Crippen LogP contribution is 2.36. The molecule has 0 aromatic heterocycles. The van der Waals surface area contributed by atoms with E-state index in [0.717, 1.165) is 40.6 Å². The monoisotopic (exact) mass is 551 g/mol. The van der Waals surface area contributed by atoms with Crippen LogP contribution in [0.1, 0.15) is 50.0 Å². The maximum atomic E-state index is 12.8. The second kappa shape index (κ2) is 14.0. The zero-order valence-corrected chi connectivity index (χ0v) is 22.5. The number of nitrogens with one attached hydrogen (secondary N) is 3. The highest BCUT2D eigenvalue weighted by Gasteiger charge is 2.31. The fourth-order valence-electron chi connectivity index (χ4n) is 4.10. The lowest BCUT2D eigenvalue weighted by Crippen LogP contribution is -2.25. The Morgan fingerprint density at radius 1 is 1.00 bits per heavy atom. The van der Waals surface area contributed by atoms with Gasteiger partial charge in [-0.25, -0.2) is 4.79 Å². The molecule has 0 spiro atoms. The second-order valence-corrected chi connectivity index (χ2v) is 8.96. The third-order valence-electron chi connectivity index (χ3n) is 5.92. The molecule has 0 fully saturated rings. The Morgan fingerprint density at radius 3 is 2.42 bits per heavy atom. The molecule has 210 valence electrons. The zero-order valence-electron chi connectivity index (χ0n) is 22.5. The van der Waals surface area contributed by atoms with E-state index in [2.05, 4.69) is 16.0 Å². The number of cyclic esters (lactones) is 1. The van der Waals surface area contributed by atoms with Gasteiger partial charge in [-0.15, -0.1) is 0 Å². The fraction of sp³-hybridized carbons (Fsp3) is 0.226. The molecule has 0 saturated heterocycles. The van der Waals surface area contributed by atoms with Gasteiger partial charge in [0.1, 0.15) is 0 Å². The Balaban J connectivity index is 0.000000220. The number of para-hydroxylation sites is 1. The van der Waals surface area contributed by atoms with E-state index in [-0.39, 0.29) is 0 Å². The van der Waals surface area contributed by atoms with Crippen LogP contribution in [-0.2, 0) is 16.0 Å². The SMILES string of the molecule is CC/C=C(/C=C(/C)Nc1cccc(CC)c1)C(F)(F)F.O=CNc1cccc(C2OC(=O)Nc3ccccc32)c1.